The van der Waals surface area contributed by atoms with E-state index in [1.54, 1.807) is 12.1 Å². The maximum atomic E-state index is 13.1. The maximum Gasteiger partial charge on any atom is 0.268 e. The Kier molecular flexibility index (Phi) is 8.20. The zero-order valence-corrected chi connectivity index (χ0v) is 27.1. The fourth-order valence-corrected chi connectivity index (χ4v) is 6.14. The fraction of sp³-hybridized carbons (Fsp3) is 0.304. The summed E-state index contributed by atoms with van der Waals surface area (Å²) in [6.07, 6.45) is 2.98. The van der Waals surface area contributed by atoms with Gasteiger partial charge in [0, 0.05) is 24.9 Å². The van der Waals surface area contributed by atoms with Crippen LogP contribution in [0.15, 0.2) is 41.4 Å². The Morgan fingerprint density at radius 1 is 1.05 bits per heavy atom. The van der Waals surface area contributed by atoms with E-state index in [2.05, 4.69) is 105 Å². The van der Waals surface area contributed by atoms with Crippen LogP contribution in [0.25, 0.3) is 5.57 Å². The predicted molar refractivity (Wildman–Crippen MR) is 164 cm³/mol. The lowest BCUT2D eigenvalue weighted by Gasteiger charge is -2.32. The van der Waals surface area contributed by atoms with Crippen LogP contribution in [-0.4, -0.2) is 69.2 Å². The van der Waals surface area contributed by atoms with Gasteiger partial charge in [-0.2, -0.15) is 0 Å². The number of aryl methyl sites for hydroxylation is 1. The molecule has 13 nitrogen and oxygen atoms in total. The quantitative estimate of drug-likeness (QED) is 0.152. The van der Waals surface area contributed by atoms with Gasteiger partial charge in [0.1, 0.15) is 17.4 Å². The minimum Gasteiger partial charge on any atom is -0.370 e. The zero-order chi connectivity index (χ0) is 28.8. The molecule has 17 heteroatoms. The highest BCUT2D eigenvalue weighted by Crippen LogP contribution is 2.43. The zero-order valence-electron chi connectivity index (χ0n) is 20.8. The van der Waals surface area contributed by atoms with Crippen LogP contribution in [0.5, 0.6) is 0 Å². The number of guanidine groups is 1. The van der Waals surface area contributed by atoms with Crippen molar-refractivity contribution >= 4 is 93.0 Å². The van der Waals surface area contributed by atoms with E-state index in [4.69, 9.17) is 16.2 Å². The van der Waals surface area contributed by atoms with Crippen molar-refractivity contribution in [3.8, 4) is 0 Å². The number of anilines is 1. The van der Waals surface area contributed by atoms with Crippen molar-refractivity contribution in [3.63, 3.8) is 0 Å². The van der Waals surface area contributed by atoms with Crippen LogP contribution < -0.4 is 27.4 Å². The van der Waals surface area contributed by atoms with Crippen LogP contribution >= 0.6 is 63.7 Å². The number of hydrogen-bond acceptors (Lipinski definition) is 8. The van der Waals surface area contributed by atoms with Gasteiger partial charge in [-0.1, -0.05) is 0 Å². The average Bonchev–Trinajstić information content (AvgIpc) is 3.68. The summed E-state index contributed by atoms with van der Waals surface area (Å²) in [7, 11) is 1.54. The Morgan fingerprint density at radius 3 is 2.30 bits per heavy atom. The second-order valence-corrected chi connectivity index (χ2v) is 12.4. The number of rotatable bonds is 9. The number of carbonyl (C=O) groups excluding carboxylic acids is 2. The number of imidazole rings is 1. The van der Waals surface area contributed by atoms with Gasteiger partial charge in [-0.25, -0.2) is 9.98 Å². The number of amides is 2. The molecule has 0 aromatic carbocycles. The van der Waals surface area contributed by atoms with E-state index in [0.29, 0.717) is 51.2 Å². The van der Waals surface area contributed by atoms with Crippen molar-refractivity contribution in [2.45, 2.75) is 30.7 Å². The molecule has 1 aliphatic heterocycles. The second kappa shape index (κ2) is 11.3. The van der Waals surface area contributed by atoms with Crippen LogP contribution in [-0.2, 0) is 11.2 Å². The number of aromatic nitrogens is 4. The second-order valence-electron chi connectivity index (χ2n) is 9.10. The highest BCUT2D eigenvalue weighted by atomic mass is 79.9. The van der Waals surface area contributed by atoms with Crippen LogP contribution in [0.1, 0.15) is 38.8 Å². The van der Waals surface area contributed by atoms with Gasteiger partial charge in [-0.15, -0.1) is 0 Å². The van der Waals surface area contributed by atoms with Gasteiger partial charge in [0.2, 0.25) is 0 Å². The Hall–Kier alpha value is -2.60. The molecule has 40 heavy (non-hydrogen) atoms. The number of ether oxygens (including phenoxy) is 1. The smallest absolute Gasteiger partial charge is 0.268 e. The van der Waals surface area contributed by atoms with Crippen LogP contribution in [0.4, 0.5) is 5.95 Å². The third-order valence-corrected chi connectivity index (χ3v) is 10.2. The molecule has 0 fully saturated rings. The number of nitrogens with one attached hydrogen (secondary N) is 6. The molecule has 0 bridgehead atoms. The summed E-state index contributed by atoms with van der Waals surface area (Å²) in [6, 6.07) is 2.21. The number of methoxy groups -OCH3 is 1. The lowest BCUT2D eigenvalue weighted by molar-refractivity contribution is 0.0182. The molecule has 3 aromatic heterocycles. The Morgan fingerprint density at radius 2 is 1.70 bits per heavy atom. The molecule has 0 saturated carbocycles. The highest BCUT2D eigenvalue weighted by molar-refractivity contribution is 9.13. The van der Waals surface area contributed by atoms with Gasteiger partial charge in [0.25, 0.3) is 11.8 Å². The first-order valence-corrected chi connectivity index (χ1v) is 15.1. The van der Waals surface area contributed by atoms with E-state index >= 15 is 0 Å². The first-order chi connectivity index (χ1) is 19.0. The van der Waals surface area contributed by atoms with Gasteiger partial charge in [-0.05, 0) is 94.8 Å². The molecular weight excluding hydrogens is 784 g/mol. The number of carbonyl (C=O) groups is 2. The molecule has 2 amide bonds. The number of hydrogen-bond donors (Lipinski definition) is 8. The van der Waals surface area contributed by atoms with E-state index in [0.717, 1.165) is 14.6 Å². The molecule has 0 saturated heterocycles. The molecule has 5 rings (SSSR count). The highest BCUT2D eigenvalue weighted by Gasteiger charge is 2.56. The third kappa shape index (κ3) is 5.36. The van der Waals surface area contributed by atoms with E-state index in [1.165, 1.54) is 7.11 Å². The van der Waals surface area contributed by atoms with Crippen LogP contribution in [0.2, 0.25) is 0 Å². The van der Waals surface area contributed by atoms with Gasteiger partial charge in [-0.3, -0.25) is 9.59 Å². The number of fused-ring (bicyclic) bond motifs is 1. The van der Waals surface area contributed by atoms with Crippen LogP contribution in [0.3, 0.4) is 0 Å². The third-order valence-electron chi connectivity index (χ3n) is 6.60. The molecule has 212 valence electrons. The maximum absolute atomic E-state index is 13.1. The van der Waals surface area contributed by atoms with Crippen molar-refractivity contribution < 1.29 is 14.3 Å². The Labute approximate surface area is 261 Å². The van der Waals surface area contributed by atoms with Crippen molar-refractivity contribution in [1.82, 2.24) is 35.9 Å². The molecule has 4 heterocycles. The molecule has 1 aliphatic carbocycles. The van der Waals surface area contributed by atoms with Crippen molar-refractivity contribution in [2.24, 2.45) is 10.7 Å². The number of H-pyrrole nitrogens is 3. The monoisotopic (exact) mass is 804 g/mol. The van der Waals surface area contributed by atoms with Crippen molar-refractivity contribution in [1.29, 1.82) is 0 Å². The largest absolute Gasteiger partial charge is 0.370 e. The predicted octanol–water partition coefficient (Wildman–Crippen LogP) is 2.89. The minimum absolute atomic E-state index is 0.178. The minimum atomic E-state index is -1.17. The van der Waals surface area contributed by atoms with Gasteiger partial charge < -0.3 is 47.1 Å². The SMILES string of the molecule is COC12NC(N)=NC1C(NC(=O)c1cc(Br)c(Br)[nH]1)C=C2c1nc(N)[nH]c1CCCNC(=O)c1cc(Br)c(Br)[nH]1. The molecule has 3 atom stereocenters. The standard InChI is InChI=1S/C23H24Br4N10O3/c1-40-23-8(5-12(16(23)36-22(29)37-23)33-20(39)14-7-10(25)18(27)32-14)15-11(34-21(28)35-15)3-2-4-30-19(38)13-6-9(24)17(26)31-13/h5-7,12,16,31-32H,2-4H2,1H3,(H,30,38)(H,33,39)(H3,28,34,35)(H3,29,36,37). The molecule has 10 N–H and O–H groups in total. The summed E-state index contributed by atoms with van der Waals surface area (Å²) < 4.78 is 8.80. The van der Waals surface area contributed by atoms with E-state index in [-0.39, 0.29) is 23.7 Å². The van der Waals surface area contributed by atoms with E-state index < -0.39 is 17.8 Å². The average molecular weight is 808 g/mol. The summed E-state index contributed by atoms with van der Waals surface area (Å²) in [5, 5.41) is 9.02. The summed E-state index contributed by atoms with van der Waals surface area (Å²) in [5.41, 5.74) is 13.7. The molecule has 0 spiro atoms. The Balaban J connectivity index is 1.34. The first-order valence-electron chi connectivity index (χ1n) is 11.9. The molecular formula is C23H24Br4N10O3. The number of nitrogen functional groups attached to an aromatic ring is 1. The molecule has 0 radical (unpaired) electrons. The van der Waals surface area contributed by atoms with E-state index in [9.17, 15) is 9.59 Å². The van der Waals surface area contributed by atoms with Crippen molar-refractivity contribution in [2.75, 3.05) is 19.4 Å². The number of nitrogens with zero attached hydrogens (tertiary/aromatic N) is 2. The normalized spacial score (nSPS) is 21.5. The number of halogens is 4. The summed E-state index contributed by atoms with van der Waals surface area (Å²) in [4.78, 5) is 43.6. The van der Waals surface area contributed by atoms with Gasteiger partial charge in [0.05, 0.1) is 29.9 Å². The van der Waals surface area contributed by atoms with Crippen LogP contribution in [0, 0.1) is 0 Å². The number of aromatic amines is 3. The number of aliphatic imine (C=N–C) groups is 1. The summed E-state index contributed by atoms with van der Waals surface area (Å²) in [5.74, 6) is -0.159. The molecule has 2 aliphatic rings. The number of nitrogens with two attached hydrogens (primary N) is 2. The Bertz CT molecular complexity index is 1500. The topological polar surface area (TPSA) is 204 Å². The molecule has 3 unspecified atom stereocenters. The summed E-state index contributed by atoms with van der Waals surface area (Å²) in [6.45, 7) is 0.413. The lowest BCUT2D eigenvalue weighted by Crippen LogP contribution is -2.56. The summed E-state index contributed by atoms with van der Waals surface area (Å²) >= 11 is 13.4. The molecule has 3 aromatic rings. The lowest BCUT2D eigenvalue weighted by atomic mass is 9.97. The fourth-order valence-electron chi connectivity index (χ4n) is 4.83. The first kappa shape index (κ1) is 28.9. The van der Waals surface area contributed by atoms with E-state index in [1.807, 2.05) is 6.08 Å². The van der Waals surface area contributed by atoms with Crippen molar-refractivity contribution in [3.05, 3.63) is 59.1 Å². The van der Waals surface area contributed by atoms with Gasteiger partial charge >= 0.3 is 0 Å². The van der Waals surface area contributed by atoms with Gasteiger partial charge in [0.15, 0.2) is 17.6 Å².